The van der Waals surface area contributed by atoms with Crippen LogP contribution in [-0.4, -0.2) is 16.6 Å². The number of nitrogens with one attached hydrogen (secondary N) is 1. The summed E-state index contributed by atoms with van der Waals surface area (Å²) in [5, 5.41) is 3.78. The number of halogens is 1. The molecule has 0 radical (unpaired) electrons. The van der Waals surface area contributed by atoms with Crippen molar-refractivity contribution in [2.24, 2.45) is 0 Å². The Labute approximate surface area is 118 Å². The molecule has 0 bridgehead atoms. The van der Waals surface area contributed by atoms with Crippen molar-refractivity contribution in [3.63, 3.8) is 0 Å². The first-order chi connectivity index (χ1) is 8.65. The second kappa shape index (κ2) is 6.08. The summed E-state index contributed by atoms with van der Waals surface area (Å²) >= 11 is 8.70. The molecule has 18 heavy (non-hydrogen) atoms. The number of hydrogen-bond acceptors (Lipinski definition) is 5. The summed E-state index contributed by atoms with van der Waals surface area (Å²) in [6.07, 6.45) is 1.66. The van der Waals surface area contributed by atoms with Crippen LogP contribution in [0.25, 0.3) is 0 Å². The molecule has 0 atom stereocenters. The van der Waals surface area contributed by atoms with E-state index < -0.39 is 0 Å². The van der Waals surface area contributed by atoms with Crippen molar-refractivity contribution in [3.05, 3.63) is 35.5 Å². The van der Waals surface area contributed by atoms with Gasteiger partial charge in [-0.25, -0.2) is 4.98 Å². The topological polar surface area (TPSA) is 68.0 Å². The number of thioether (sulfide) groups is 1. The summed E-state index contributed by atoms with van der Waals surface area (Å²) in [6.45, 7) is 0. The number of anilines is 2. The number of nitrogens with zero attached hydrogens (tertiary/aromatic N) is 1. The molecule has 3 N–H and O–H groups in total. The van der Waals surface area contributed by atoms with E-state index in [4.69, 9.17) is 17.3 Å². The number of benzene rings is 1. The van der Waals surface area contributed by atoms with Crippen LogP contribution < -0.4 is 11.1 Å². The molecule has 0 fully saturated rings. The number of rotatable bonds is 4. The molecule has 7 heteroatoms. The number of carbonyl (C=O) groups excluding carboxylic acids is 1. The molecule has 0 aliphatic carbocycles. The third kappa shape index (κ3) is 3.63. The smallest absolute Gasteiger partial charge is 0.234 e. The van der Waals surface area contributed by atoms with Gasteiger partial charge in [0.05, 0.1) is 26.9 Å². The molecule has 0 saturated heterocycles. The number of amides is 1. The van der Waals surface area contributed by atoms with Crippen molar-refractivity contribution < 1.29 is 4.79 Å². The first kappa shape index (κ1) is 13.2. The van der Waals surface area contributed by atoms with Gasteiger partial charge < -0.3 is 11.1 Å². The molecule has 0 unspecified atom stereocenters. The molecule has 1 aromatic heterocycles. The summed E-state index contributed by atoms with van der Waals surface area (Å²) in [6, 6.07) is 7.12. The van der Waals surface area contributed by atoms with Crippen LogP contribution in [0, 0.1) is 0 Å². The molecule has 1 aromatic carbocycles. The van der Waals surface area contributed by atoms with E-state index in [0.717, 1.165) is 4.21 Å². The average molecular weight is 300 g/mol. The number of nitrogen functional groups attached to an aromatic ring is 1. The fourth-order valence-electron chi connectivity index (χ4n) is 1.22. The lowest BCUT2D eigenvalue weighted by Gasteiger charge is -2.05. The lowest BCUT2D eigenvalue weighted by atomic mass is 10.3. The zero-order valence-electron chi connectivity index (χ0n) is 9.22. The Balaban J connectivity index is 1.88. The van der Waals surface area contributed by atoms with Crippen LogP contribution in [0.4, 0.5) is 10.8 Å². The third-order valence-electron chi connectivity index (χ3n) is 2.00. The maximum atomic E-state index is 11.7. The van der Waals surface area contributed by atoms with Gasteiger partial charge in [0.25, 0.3) is 0 Å². The summed E-state index contributed by atoms with van der Waals surface area (Å²) in [5.41, 5.74) is 6.12. The molecule has 1 amide bonds. The van der Waals surface area contributed by atoms with Crippen molar-refractivity contribution in [2.75, 3.05) is 16.8 Å². The van der Waals surface area contributed by atoms with Crippen LogP contribution in [-0.2, 0) is 4.79 Å². The van der Waals surface area contributed by atoms with Gasteiger partial charge in [-0.2, -0.15) is 0 Å². The Bertz CT molecular complexity index is 559. The zero-order valence-corrected chi connectivity index (χ0v) is 11.6. The van der Waals surface area contributed by atoms with Crippen LogP contribution in [0.1, 0.15) is 0 Å². The Morgan fingerprint density at radius 3 is 2.94 bits per heavy atom. The summed E-state index contributed by atoms with van der Waals surface area (Å²) < 4.78 is 0.918. The van der Waals surface area contributed by atoms with Gasteiger partial charge >= 0.3 is 0 Å². The highest BCUT2D eigenvalue weighted by atomic mass is 35.5. The largest absolute Gasteiger partial charge is 0.375 e. The third-order valence-corrected chi connectivity index (χ3v) is 4.35. The highest BCUT2D eigenvalue weighted by molar-refractivity contribution is 8.01. The molecule has 0 aliphatic rings. The Morgan fingerprint density at radius 2 is 2.28 bits per heavy atom. The quantitative estimate of drug-likeness (QED) is 0.851. The number of aromatic nitrogens is 1. The summed E-state index contributed by atoms with van der Waals surface area (Å²) in [4.78, 5) is 15.6. The standard InChI is InChI=1S/C11H10ClN3OS2/c12-7-3-1-2-4-8(7)15-9(16)6-17-10-5-14-11(13)18-10/h1-5H,6H2,(H2,13,14)(H,15,16). The van der Waals surface area contributed by atoms with Crippen LogP contribution in [0.15, 0.2) is 34.7 Å². The molecule has 0 aliphatic heterocycles. The SMILES string of the molecule is Nc1ncc(SCC(=O)Nc2ccccc2Cl)s1. The number of hydrogen-bond donors (Lipinski definition) is 2. The minimum Gasteiger partial charge on any atom is -0.375 e. The van der Waals surface area contributed by atoms with Crippen LogP contribution in [0.5, 0.6) is 0 Å². The molecule has 0 spiro atoms. The van der Waals surface area contributed by atoms with E-state index in [1.54, 1.807) is 18.3 Å². The Morgan fingerprint density at radius 1 is 1.50 bits per heavy atom. The van der Waals surface area contributed by atoms with Gasteiger partial charge in [-0.15, -0.1) is 11.8 Å². The second-order valence-corrected chi connectivity index (χ2v) is 6.08. The van der Waals surface area contributed by atoms with E-state index >= 15 is 0 Å². The Hall–Kier alpha value is -1.24. The maximum absolute atomic E-state index is 11.7. The molecule has 94 valence electrons. The van der Waals surface area contributed by atoms with Gasteiger partial charge in [0.2, 0.25) is 5.91 Å². The van der Waals surface area contributed by atoms with Gasteiger partial charge in [0, 0.05) is 0 Å². The number of para-hydroxylation sites is 1. The van der Waals surface area contributed by atoms with Crippen molar-refractivity contribution >= 4 is 51.4 Å². The van der Waals surface area contributed by atoms with Crippen LogP contribution >= 0.6 is 34.7 Å². The highest BCUT2D eigenvalue weighted by Crippen LogP contribution is 2.27. The average Bonchev–Trinajstić information content (AvgIpc) is 2.76. The lowest BCUT2D eigenvalue weighted by Crippen LogP contribution is -2.14. The van der Waals surface area contributed by atoms with Crippen molar-refractivity contribution in [3.8, 4) is 0 Å². The van der Waals surface area contributed by atoms with Gasteiger partial charge in [-0.3, -0.25) is 4.79 Å². The summed E-state index contributed by atoms with van der Waals surface area (Å²) in [7, 11) is 0. The molecule has 1 heterocycles. The zero-order chi connectivity index (χ0) is 13.0. The van der Waals surface area contributed by atoms with E-state index in [9.17, 15) is 4.79 Å². The maximum Gasteiger partial charge on any atom is 0.234 e. The number of thiazole rings is 1. The first-order valence-electron chi connectivity index (χ1n) is 5.03. The molecule has 2 rings (SSSR count). The van der Waals surface area contributed by atoms with E-state index in [1.807, 2.05) is 12.1 Å². The van der Waals surface area contributed by atoms with Crippen molar-refractivity contribution in [1.29, 1.82) is 0 Å². The van der Waals surface area contributed by atoms with E-state index in [0.29, 0.717) is 21.6 Å². The molecule has 4 nitrogen and oxygen atoms in total. The van der Waals surface area contributed by atoms with Gasteiger partial charge in [0.1, 0.15) is 0 Å². The highest BCUT2D eigenvalue weighted by Gasteiger charge is 2.07. The van der Waals surface area contributed by atoms with Crippen molar-refractivity contribution in [2.45, 2.75) is 4.21 Å². The minimum atomic E-state index is -0.111. The molecular weight excluding hydrogens is 290 g/mol. The predicted molar refractivity (Wildman–Crippen MR) is 77.3 cm³/mol. The fourth-order valence-corrected chi connectivity index (χ4v) is 2.97. The fraction of sp³-hybridized carbons (Fsp3) is 0.0909. The second-order valence-electron chi connectivity index (χ2n) is 3.33. The van der Waals surface area contributed by atoms with Gasteiger partial charge in [-0.1, -0.05) is 35.1 Å². The number of nitrogens with two attached hydrogens (primary N) is 1. The van der Waals surface area contributed by atoms with Gasteiger partial charge in [0.15, 0.2) is 5.13 Å². The van der Waals surface area contributed by atoms with Crippen LogP contribution in [0.3, 0.4) is 0 Å². The van der Waals surface area contributed by atoms with Crippen LogP contribution in [0.2, 0.25) is 5.02 Å². The minimum absolute atomic E-state index is 0.111. The summed E-state index contributed by atoms with van der Waals surface area (Å²) in [5.74, 6) is 0.187. The normalized spacial score (nSPS) is 10.3. The van der Waals surface area contributed by atoms with E-state index in [-0.39, 0.29) is 5.91 Å². The molecule has 0 saturated carbocycles. The van der Waals surface area contributed by atoms with E-state index in [1.165, 1.54) is 23.1 Å². The van der Waals surface area contributed by atoms with E-state index in [2.05, 4.69) is 10.3 Å². The predicted octanol–water partition coefficient (Wildman–Crippen LogP) is 3.11. The number of carbonyl (C=O) groups is 1. The lowest BCUT2D eigenvalue weighted by molar-refractivity contribution is -0.113. The molecular formula is C11H10ClN3OS2. The van der Waals surface area contributed by atoms with Crippen molar-refractivity contribution in [1.82, 2.24) is 4.98 Å². The first-order valence-corrected chi connectivity index (χ1v) is 7.21. The monoisotopic (exact) mass is 299 g/mol. The Kier molecular flexibility index (Phi) is 4.46. The van der Waals surface area contributed by atoms with Gasteiger partial charge in [-0.05, 0) is 12.1 Å². The molecule has 2 aromatic rings.